The van der Waals surface area contributed by atoms with Crippen molar-refractivity contribution in [1.29, 1.82) is 0 Å². The first-order chi connectivity index (χ1) is 23.7. The predicted octanol–water partition coefficient (Wildman–Crippen LogP) is 4.72. The maximum absolute atomic E-state index is 13.8. The van der Waals surface area contributed by atoms with Crippen LogP contribution in [0.3, 0.4) is 0 Å². The number of amides is 3. The number of phosphoric ester groups is 1. The summed E-state index contributed by atoms with van der Waals surface area (Å²) in [5, 5.41) is 5.90. The zero-order valence-electron chi connectivity index (χ0n) is 31.5. The largest absolute Gasteiger partial charge is 0.530 e. The highest BCUT2D eigenvalue weighted by Crippen LogP contribution is 2.49. The molecule has 0 heterocycles. The van der Waals surface area contributed by atoms with Crippen molar-refractivity contribution in [1.82, 2.24) is 20.4 Å². The van der Waals surface area contributed by atoms with E-state index in [4.69, 9.17) is 19.3 Å². The van der Waals surface area contributed by atoms with Crippen LogP contribution in [0.2, 0.25) is 0 Å². The topological polar surface area (TPSA) is 170 Å². The van der Waals surface area contributed by atoms with Crippen molar-refractivity contribution in [2.75, 3.05) is 61.0 Å². The van der Waals surface area contributed by atoms with Gasteiger partial charge in [0.15, 0.2) is 5.78 Å². The summed E-state index contributed by atoms with van der Waals surface area (Å²) in [5.41, 5.74) is 5.95. The number of nitrogens with zero attached hydrogens (tertiary/aromatic N) is 2. The zero-order valence-corrected chi connectivity index (χ0v) is 32.4. The maximum atomic E-state index is 13.8. The third-order valence-electron chi connectivity index (χ3n) is 8.38. The molecule has 3 atom stereocenters. The van der Waals surface area contributed by atoms with E-state index < -0.39 is 19.8 Å². The third-order valence-corrected chi connectivity index (χ3v) is 9.81. The lowest BCUT2D eigenvalue weighted by Gasteiger charge is -2.25. The van der Waals surface area contributed by atoms with Crippen LogP contribution in [0.5, 0.6) is 5.75 Å². The fourth-order valence-corrected chi connectivity index (χ4v) is 6.17. The number of nitrogens with two attached hydrogens (primary N) is 1. The summed E-state index contributed by atoms with van der Waals surface area (Å²) >= 11 is 0. The van der Waals surface area contributed by atoms with Crippen LogP contribution in [-0.4, -0.2) is 100 Å². The molecule has 3 amide bonds. The highest BCUT2D eigenvalue weighted by Gasteiger charge is 2.31. The Labute approximate surface area is 300 Å². The van der Waals surface area contributed by atoms with Crippen molar-refractivity contribution in [3.05, 3.63) is 29.8 Å². The van der Waals surface area contributed by atoms with Gasteiger partial charge in [0, 0.05) is 44.8 Å². The molecule has 4 N–H and O–H groups in total. The van der Waals surface area contributed by atoms with Gasteiger partial charge < -0.3 is 30.7 Å². The van der Waals surface area contributed by atoms with Gasteiger partial charge in [0.2, 0.25) is 17.7 Å². The van der Waals surface area contributed by atoms with E-state index in [0.717, 1.165) is 31.2 Å². The number of carbonyl (C=O) groups is 4. The molecule has 0 aliphatic heterocycles. The number of nitrogens with one attached hydrogen (secondary N) is 2. The van der Waals surface area contributed by atoms with Gasteiger partial charge in [0.25, 0.3) is 0 Å². The van der Waals surface area contributed by atoms with Gasteiger partial charge >= 0.3 is 7.82 Å². The van der Waals surface area contributed by atoms with Gasteiger partial charge in [-0.15, -0.1) is 0 Å². The van der Waals surface area contributed by atoms with E-state index >= 15 is 0 Å². The second-order valence-corrected chi connectivity index (χ2v) is 15.1. The van der Waals surface area contributed by atoms with Gasteiger partial charge in [0.1, 0.15) is 5.75 Å². The average Bonchev–Trinajstić information content (AvgIpc) is 3.04. The summed E-state index contributed by atoms with van der Waals surface area (Å²) in [7, 11) is 3.60. The summed E-state index contributed by atoms with van der Waals surface area (Å²) in [6.45, 7) is 7.80. The first-order valence-electron chi connectivity index (χ1n) is 18.0. The Balaban J connectivity index is 3.09. The van der Waals surface area contributed by atoms with Crippen LogP contribution in [0.25, 0.3) is 0 Å². The molecule has 1 aromatic rings. The van der Waals surface area contributed by atoms with Gasteiger partial charge in [-0.1, -0.05) is 58.6 Å². The molecule has 13 nitrogen and oxygen atoms in total. The van der Waals surface area contributed by atoms with Crippen molar-refractivity contribution in [2.45, 2.75) is 97.4 Å². The van der Waals surface area contributed by atoms with Crippen molar-refractivity contribution < 1.29 is 37.3 Å². The van der Waals surface area contributed by atoms with Crippen LogP contribution in [-0.2, 0) is 39.2 Å². The monoisotopic (exact) mass is 725 g/mol. The minimum absolute atomic E-state index is 0.0125. The first-order valence-corrected chi connectivity index (χ1v) is 19.5. The second-order valence-electron chi connectivity index (χ2n) is 13.5. The molecule has 14 heteroatoms. The van der Waals surface area contributed by atoms with Crippen LogP contribution in [0, 0.1) is 11.8 Å². The lowest BCUT2D eigenvalue weighted by atomic mass is 9.84. The van der Waals surface area contributed by atoms with Crippen LogP contribution in [0.4, 0.5) is 0 Å². The van der Waals surface area contributed by atoms with Gasteiger partial charge in [-0.05, 0) is 77.5 Å². The summed E-state index contributed by atoms with van der Waals surface area (Å²) in [4.78, 5) is 54.8. The number of carbonyl (C=O) groups excluding carboxylic acids is 4. The number of unbranched alkanes of at least 4 members (excludes halogenated alkanes) is 4. The standard InChI is InChI=1S/C36H64N5O8P/c1-8-10-12-16-35(44)39-32(33(42)27-31(28(3)9-2)36(45)38-21-14-11-13-15-34(37)43)26-29-17-19-30(20-18-29)49-50(46,47-24-22-40(4)5)48-25-23-41(6)7/h17-20,28,31-32H,8-16,21-27H2,1-7H3,(H2,37,43)(H,38,45)(H,39,44)/t28-,31-,32-/m0/s1. The molecule has 0 saturated heterocycles. The number of ketones is 1. The molecule has 0 aliphatic carbocycles. The van der Waals surface area contributed by atoms with Crippen LogP contribution in [0.1, 0.15) is 90.5 Å². The number of Topliss-reactive ketones (excluding diaryl/α,β-unsaturated/α-hetero) is 1. The number of likely N-dealkylation sites (N-methyl/N-ethyl adjacent to an activating group) is 2. The number of hydrogen-bond acceptors (Lipinski definition) is 10. The van der Waals surface area contributed by atoms with Gasteiger partial charge in [-0.25, -0.2) is 4.57 Å². The molecule has 0 spiro atoms. The Morgan fingerprint density at radius 3 is 2.00 bits per heavy atom. The fourth-order valence-electron chi connectivity index (χ4n) is 5.00. The molecule has 50 heavy (non-hydrogen) atoms. The molecule has 0 saturated carbocycles. The molecule has 0 bridgehead atoms. The SMILES string of the molecule is CCCCCC(=O)N[C@@H](Cc1ccc(OP(=O)(OCCN(C)C)OCCN(C)C)cc1)C(=O)C[C@H](C(=O)NCCCCCC(N)=O)[C@@H](C)CC. The Bertz CT molecular complexity index is 1180. The molecule has 286 valence electrons. The van der Waals surface area contributed by atoms with Gasteiger partial charge in [-0.2, -0.15) is 0 Å². The van der Waals surface area contributed by atoms with E-state index in [1.807, 2.05) is 51.8 Å². The average molecular weight is 726 g/mol. The molecule has 1 rings (SSSR count). The minimum Gasteiger partial charge on any atom is -0.404 e. The maximum Gasteiger partial charge on any atom is 0.530 e. The van der Waals surface area contributed by atoms with Crippen LogP contribution >= 0.6 is 7.82 Å². The van der Waals surface area contributed by atoms with E-state index in [1.54, 1.807) is 24.3 Å². The van der Waals surface area contributed by atoms with Crippen LogP contribution in [0.15, 0.2) is 24.3 Å². The molecular formula is C36H64N5O8P. The first kappa shape index (κ1) is 45.2. The number of rotatable bonds is 29. The van der Waals surface area contributed by atoms with E-state index in [2.05, 4.69) is 17.6 Å². The van der Waals surface area contributed by atoms with Crippen molar-refractivity contribution >= 4 is 31.3 Å². The predicted molar refractivity (Wildman–Crippen MR) is 197 cm³/mol. The quantitative estimate of drug-likeness (QED) is 0.0776. The lowest BCUT2D eigenvalue weighted by molar-refractivity contribution is -0.133. The highest BCUT2D eigenvalue weighted by atomic mass is 31.2. The van der Waals surface area contributed by atoms with Crippen molar-refractivity contribution in [2.24, 2.45) is 17.6 Å². The molecular weight excluding hydrogens is 661 g/mol. The molecule has 0 aliphatic rings. The number of primary amides is 1. The van der Waals surface area contributed by atoms with E-state index in [-0.39, 0.29) is 61.2 Å². The lowest BCUT2D eigenvalue weighted by Crippen LogP contribution is -2.45. The number of hydrogen-bond donors (Lipinski definition) is 3. The number of benzene rings is 1. The third kappa shape index (κ3) is 20.1. The molecule has 0 aromatic heterocycles. The van der Waals surface area contributed by atoms with Gasteiger partial charge in [0.05, 0.1) is 19.3 Å². The number of phosphoric acid groups is 1. The van der Waals surface area contributed by atoms with E-state index in [0.29, 0.717) is 51.7 Å². The van der Waals surface area contributed by atoms with Crippen LogP contribution < -0.4 is 20.9 Å². The summed E-state index contributed by atoms with van der Waals surface area (Å²) in [6.07, 6.45) is 6.27. The molecule has 0 fully saturated rings. The zero-order chi connectivity index (χ0) is 37.5. The Kier molecular flexibility index (Phi) is 22.8. The van der Waals surface area contributed by atoms with E-state index in [1.165, 1.54) is 0 Å². The molecule has 1 aromatic carbocycles. The second kappa shape index (κ2) is 25.2. The highest BCUT2D eigenvalue weighted by molar-refractivity contribution is 7.48. The van der Waals surface area contributed by atoms with E-state index in [9.17, 15) is 23.7 Å². The normalized spacial score (nSPS) is 13.5. The molecule has 0 radical (unpaired) electrons. The smallest absolute Gasteiger partial charge is 0.404 e. The summed E-state index contributed by atoms with van der Waals surface area (Å²) < 4.78 is 30.4. The Hall–Kier alpha value is -2.83. The fraction of sp³-hybridized carbons (Fsp3) is 0.722. The summed E-state index contributed by atoms with van der Waals surface area (Å²) in [5.74, 6) is -1.28. The Morgan fingerprint density at radius 1 is 0.860 bits per heavy atom. The van der Waals surface area contributed by atoms with Crippen molar-refractivity contribution in [3.63, 3.8) is 0 Å². The molecule has 0 unspecified atom stereocenters. The van der Waals surface area contributed by atoms with Gasteiger partial charge in [-0.3, -0.25) is 28.2 Å². The minimum atomic E-state index is -3.92. The Morgan fingerprint density at radius 2 is 1.46 bits per heavy atom. The summed E-state index contributed by atoms with van der Waals surface area (Å²) in [6, 6.07) is 5.94. The van der Waals surface area contributed by atoms with Crippen molar-refractivity contribution in [3.8, 4) is 5.75 Å².